The molecule has 25 heavy (non-hydrogen) atoms. The van der Waals surface area contributed by atoms with E-state index >= 15 is 0 Å². The molecule has 0 amide bonds. The monoisotopic (exact) mass is 362 g/mol. The zero-order valence-electron chi connectivity index (χ0n) is 15.5. The maximum absolute atomic E-state index is 10.7. The maximum atomic E-state index is 10.7. The molecule has 0 spiro atoms. The lowest BCUT2D eigenvalue weighted by atomic mass is 9.81. The SMILES string of the molecule is CNC(C)C1CCC(N)C(OC2C(N)C(O)C(OC)C(NC)C2O)O1. The van der Waals surface area contributed by atoms with E-state index < -0.39 is 42.8 Å². The standard InChI is InChI=1S/C16H34N4O5/c1-7(19-2)9-6-5-8(17)16(24-9)25-14-10(18)12(21)15(23-4)11(20-3)13(14)22/h7-16,19-22H,5-6,17-18H2,1-4H3. The molecular formula is C16H34N4O5. The van der Waals surface area contributed by atoms with Crippen molar-refractivity contribution in [2.24, 2.45) is 11.5 Å². The Hall–Kier alpha value is -0.360. The van der Waals surface area contributed by atoms with Crippen LogP contribution in [0.2, 0.25) is 0 Å². The maximum Gasteiger partial charge on any atom is 0.173 e. The minimum atomic E-state index is -0.984. The molecule has 1 heterocycles. The van der Waals surface area contributed by atoms with E-state index in [0.717, 1.165) is 12.8 Å². The fourth-order valence-electron chi connectivity index (χ4n) is 3.72. The van der Waals surface area contributed by atoms with Gasteiger partial charge in [-0.05, 0) is 33.9 Å². The Morgan fingerprint density at radius 2 is 1.80 bits per heavy atom. The average Bonchev–Trinajstić information content (AvgIpc) is 2.62. The number of nitrogens with two attached hydrogens (primary N) is 2. The first kappa shape index (κ1) is 20.9. The van der Waals surface area contributed by atoms with Crippen LogP contribution in [-0.4, -0.2) is 92.4 Å². The van der Waals surface area contributed by atoms with Gasteiger partial charge in [-0.25, -0.2) is 0 Å². The lowest BCUT2D eigenvalue weighted by Crippen LogP contribution is -2.71. The van der Waals surface area contributed by atoms with Crippen molar-refractivity contribution in [2.45, 2.75) is 80.7 Å². The van der Waals surface area contributed by atoms with Crippen molar-refractivity contribution in [1.29, 1.82) is 0 Å². The van der Waals surface area contributed by atoms with E-state index in [4.69, 9.17) is 25.7 Å². The van der Waals surface area contributed by atoms with Gasteiger partial charge < -0.3 is 46.5 Å². The van der Waals surface area contributed by atoms with Crippen molar-refractivity contribution >= 4 is 0 Å². The van der Waals surface area contributed by atoms with E-state index in [1.54, 1.807) is 7.05 Å². The molecule has 2 fully saturated rings. The van der Waals surface area contributed by atoms with Gasteiger partial charge in [-0.3, -0.25) is 0 Å². The van der Waals surface area contributed by atoms with Gasteiger partial charge in [0.2, 0.25) is 0 Å². The largest absolute Gasteiger partial charge is 0.389 e. The summed E-state index contributed by atoms with van der Waals surface area (Å²) < 4.78 is 17.3. The van der Waals surface area contributed by atoms with Crippen LogP contribution >= 0.6 is 0 Å². The Balaban J connectivity index is 2.11. The van der Waals surface area contributed by atoms with Crippen LogP contribution in [-0.2, 0) is 14.2 Å². The second kappa shape index (κ2) is 9.03. The van der Waals surface area contributed by atoms with E-state index in [0.29, 0.717) is 0 Å². The molecule has 2 aliphatic rings. The summed E-state index contributed by atoms with van der Waals surface area (Å²) in [6.45, 7) is 2.03. The van der Waals surface area contributed by atoms with Gasteiger partial charge in [0.1, 0.15) is 12.2 Å². The van der Waals surface area contributed by atoms with Gasteiger partial charge in [0.15, 0.2) is 6.29 Å². The summed E-state index contributed by atoms with van der Waals surface area (Å²) in [5.41, 5.74) is 12.3. The van der Waals surface area contributed by atoms with Gasteiger partial charge in [0, 0.05) is 13.2 Å². The number of nitrogens with one attached hydrogen (secondary N) is 2. The predicted molar refractivity (Wildman–Crippen MR) is 92.9 cm³/mol. The Bertz CT molecular complexity index is 418. The number of hydrogen-bond donors (Lipinski definition) is 6. The molecule has 9 heteroatoms. The van der Waals surface area contributed by atoms with Crippen LogP contribution in [0.3, 0.4) is 0 Å². The van der Waals surface area contributed by atoms with Crippen molar-refractivity contribution < 1.29 is 24.4 Å². The molecule has 0 aromatic carbocycles. The molecule has 0 radical (unpaired) electrons. The Kier molecular flexibility index (Phi) is 7.56. The van der Waals surface area contributed by atoms with Gasteiger partial charge in [0.25, 0.3) is 0 Å². The highest BCUT2D eigenvalue weighted by Crippen LogP contribution is 2.29. The Morgan fingerprint density at radius 3 is 2.36 bits per heavy atom. The van der Waals surface area contributed by atoms with E-state index in [2.05, 4.69) is 10.6 Å². The van der Waals surface area contributed by atoms with Gasteiger partial charge in [0.05, 0.1) is 36.4 Å². The third-order valence-electron chi connectivity index (χ3n) is 5.52. The summed E-state index contributed by atoms with van der Waals surface area (Å²) in [5.74, 6) is 0. The molecule has 1 saturated carbocycles. The van der Waals surface area contributed by atoms with Crippen molar-refractivity contribution in [3.05, 3.63) is 0 Å². The summed E-state index contributed by atoms with van der Waals surface area (Å²) in [6.07, 6.45) is -2.55. The highest BCUT2D eigenvalue weighted by molar-refractivity contribution is 5.05. The smallest absolute Gasteiger partial charge is 0.173 e. The molecule has 1 aliphatic carbocycles. The highest BCUT2D eigenvalue weighted by atomic mass is 16.7. The number of likely N-dealkylation sites (N-methyl/N-ethyl adjacent to an activating group) is 2. The lowest BCUT2D eigenvalue weighted by Gasteiger charge is -2.48. The van der Waals surface area contributed by atoms with Crippen LogP contribution in [0.1, 0.15) is 19.8 Å². The fourth-order valence-corrected chi connectivity index (χ4v) is 3.72. The van der Waals surface area contributed by atoms with Crippen LogP contribution in [0.4, 0.5) is 0 Å². The second-order valence-electron chi connectivity index (χ2n) is 7.04. The van der Waals surface area contributed by atoms with E-state index in [9.17, 15) is 10.2 Å². The summed E-state index contributed by atoms with van der Waals surface area (Å²) in [4.78, 5) is 0. The van der Waals surface area contributed by atoms with Gasteiger partial charge in [-0.1, -0.05) is 0 Å². The summed E-state index contributed by atoms with van der Waals surface area (Å²) in [6, 6.07) is -1.50. The first-order valence-electron chi connectivity index (χ1n) is 8.91. The number of ether oxygens (including phenoxy) is 3. The topological polar surface area (TPSA) is 144 Å². The van der Waals surface area contributed by atoms with Crippen molar-refractivity contribution in [1.82, 2.24) is 10.6 Å². The third kappa shape index (κ3) is 4.32. The molecule has 10 atom stereocenters. The number of aliphatic hydroxyl groups is 2. The van der Waals surface area contributed by atoms with E-state index in [1.807, 2.05) is 14.0 Å². The van der Waals surface area contributed by atoms with E-state index in [-0.39, 0.29) is 18.2 Å². The van der Waals surface area contributed by atoms with Gasteiger partial charge >= 0.3 is 0 Å². The Morgan fingerprint density at radius 1 is 1.12 bits per heavy atom. The molecule has 8 N–H and O–H groups in total. The zero-order valence-corrected chi connectivity index (χ0v) is 15.5. The summed E-state index contributed by atoms with van der Waals surface area (Å²) in [7, 11) is 5.04. The number of methoxy groups -OCH3 is 1. The second-order valence-corrected chi connectivity index (χ2v) is 7.04. The van der Waals surface area contributed by atoms with Gasteiger partial charge in [-0.2, -0.15) is 0 Å². The molecule has 2 rings (SSSR count). The first-order chi connectivity index (χ1) is 11.8. The third-order valence-corrected chi connectivity index (χ3v) is 5.52. The van der Waals surface area contributed by atoms with Crippen LogP contribution in [0, 0.1) is 0 Å². The molecule has 9 nitrogen and oxygen atoms in total. The minimum absolute atomic E-state index is 0.0384. The number of hydrogen-bond acceptors (Lipinski definition) is 9. The van der Waals surface area contributed by atoms with Crippen LogP contribution in [0.5, 0.6) is 0 Å². The number of rotatable bonds is 6. The molecule has 0 aromatic heterocycles. The number of aliphatic hydroxyl groups excluding tert-OH is 2. The minimum Gasteiger partial charge on any atom is -0.389 e. The normalized spacial score (nSPS) is 46.8. The molecule has 10 unspecified atom stereocenters. The molecule has 148 valence electrons. The van der Waals surface area contributed by atoms with Crippen molar-refractivity contribution in [3.63, 3.8) is 0 Å². The lowest BCUT2D eigenvalue weighted by molar-refractivity contribution is -0.263. The molecule has 1 saturated heterocycles. The average molecular weight is 362 g/mol. The fraction of sp³-hybridized carbons (Fsp3) is 1.00. The molecule has 0 aromatic rings. The van der Waals surface area contributed by atoms with Crippen molar-refractivity contribution in [3.8, 4) is 0 Å². The summed E-state index contributed by atoms with van der Waals surface area (Å²) >= 11 is 0. The highest BCUT2D eigenvalue weighted by Gasteiger charge is 2.50. The van der Waals surface area contributed by atoms with Crippen molar-refractivity contribution in [2.75, 3.05) is 21.2 Å². The van der Waals surface area contributed by atoms with Crippen LogP contribution in [0.15, 0.2) is 0 Å². The molecular weight excluding hydrogens is 328 g/mol. The quantitative estimate of drug-likeness (QED) is 0.301. The molecule has 0 bridgehead atoms. The van der Waals surface area contributed by atoms with Crippen LogP contribution in [0.25, 0.3) is 0 Å². The first-order valence-corrected chi connectivity index (χ1v) is 8.91. The van der Waals surface area contributed by atoms with Gasteiger partial charge in [-0.15, -0.1) is 0 Å². The molecule has 1 aliphatic heterocycles. The predicted octanol–water partition coefficient (Wildman–Crippen LogP) is -2.52. The Labute approximate surface area is 149 Å². The summed E-state index contributed by atoms with van der Waals surface area (Å²) in [5, 5.41) is 27.3. The zero-order chi connectivity index (χ0) is 18.7. The van der Waals surface area contributed by atoms with Crippen LogP contribution < -0.4 is 22.1 Å². The van der Waals surface area contributed by atoms with E-state index in [1.165, 1.54) is 7.11 Å².